The number of nitrogens with one attached hydrogen (secondary N) is 1. The predicted octanol–water partition coefficient (Wildman–Crippen LogP) is 4.54. The van der Waals surface area contributed by atoms with E-state index >= 15 is 4.39 Å². The molecule has 5 N–H and O–H groups in total. The quantitative estimate of drug-likeness (QED) is 0.242. The summed E-state index contributed by atoms with van der Waals surface area (Å²) >= 11 is 0. The second-order valence-electron chi connectivity index (χ2n) is 11.7. The fourth-order valence-corrected chi connectivity index (χ4v) is 6.26. The van der Waals surface area contributed by atoms with Crippen LogP contribution in [-0.4, -0.2) is 56.8 Å². The van der Waals surface area contributed by atoms with Gasteiger partial charge in [-0.15, -0.1) is 0 Å². The van der Waals surface area contributed by atoms with E-state index in [1.165, 1.54) is 11.0 Å². The highest BCUT2D eigenvalue weighted by molar-refractivity contribution is 6.09. The highest BCUT2D eigenvalue weighted by Crippen LogP contribution is 2.42. The second-order valence-corrected chi connectivity index (χ2v) is 11.7. The highest BCUT2D eigenvalue weighted by Gasteiger charge is 2.33. The van der Waals surface area contributed by atoms with E-state index in [1.54, 1.807) is 18.2 Å². The molecule has 11 heteroatoms. The van der Waals surface area contributed by atoms with Gasteiger partial charge in [-0.2, -0.15) is 15.0 Å². The van der Waals surface area contributed by atoms with Crippen molar-refractivity contribution in [1.29, 1.82) is 0 Å². The number of aliphatic hydroxyl groups is 2. The molecule has 0 spiro atoms. The number of carbonyl (C=O) groups is 1. The number of carbonyl (C=O) groups excluding carboxylic acids is 1. The Balaban J connectivity index is 1.15. The molecule has 1 amide bonds. The molecule has 7 rings (SSSR count). The number of hydrogen-bond acceptors (Lipinski definition) is 9. The number of benzene rings is 3. The molecular formula is C33H34FN7O3. The van der Waals surface area contributed by atoms with Gasteiger partial charge in [0.1, 0.15) is 5.82 Å². The number of aliphatic hydroxyl groups excluding tert-OH is 2. The van der Waals surface area contributed by atoms with Gasteiger partial charge >= 0.3 is 0 Å². The number of nitrogens with zero attached hydrogens (tertiary/aromatic N) is 5. The van der Waals surface area contributed by atoms with Crippen molar-refractivity contribution in [3.63, 3.8) is 0 Å². The van der Waals surface area contributed by atoms with Crippen LogP contribution in [0.15, 0.2) is 54.6 Å². The maximum atomic E-state index is 15.2. The molecular weight excluding hydrogens is 561 g/mol. The third-order valence-electron chi connectivity index (χ3n) is 8.75. The lowest BCUT2D eigenvalue weighted by Crippen LogP contribution is -2.39. The normalized spacial score (nSPS) is 17.1. The van der Waals surface area contributed by atoms with E-state index in [2.05, 4.69) is 25.2 Å². The largest absolute Gasteiger partial charge is 0.393 e. The van der Waals surface area contributed by atoms with Crippen LogP contribution in [0.5, 0.6) is 0 Å². The van der Waals surface area contributed by atoms with E-state index in [0.29, 0.717) is 35.7 Å². The van der Waals surface area contributed by atoms with Crippen LogP contribution < -0.4 is 20.9 Å². The van der Waals surface area contributed by atoms with Gasteiger partial charge < -0.3 is 31.1 Å². The molecule has 10 nitrogen and oxygen atoms in total. The zero-order chi connectivity index (χ0) is 30.4. The third-order valence-corrected chi connectivity index (χ3v) is 8.75. The van der Waals surface area contributed by atoms with Gasteiger partial charge in [-0.1, -0.05) is 18.2 Å². The number of nitrogens with two attached hydrogens (primary N) is 1. The van der Waals surface area contributed by atoms with Crippen LogP contribution in [0.1, 0.15) is 58.6 Å². The lowest BCUT2D eigenvalue weighted by Gasteiger charge is -2.31. The Kier molecular flexibility index (Phi) is 7.35. The minimum atomic E-state index is -0.496. The summed E-state index contributed by atoms with van der Waals surface area (Å²) in [6.07, 6.45) is 3.90. The molecule has 1 aromatic heterocycles. The summed E-state index contributed by atoms with van der Waals surface area (Å²) in [6, 6.07) is 16.6. The molecule has 3 aliphatic rings. The van der Waals surface area contributed by atoms with Crippen LogP contribution in [0, 0.1) is 5.82 Å². The first-order valence-electron chi connectivity index (χ1n) is 15.1. The summed E-state index contributed by atoms with van der Waals surface area (Å²) in [5.41, 5.74) is 11.1. The van der Waals surface area contributed by atoms with E-state index < -0.39 is 18.3 Å². The Morgan fingerprint density at radius 2 is 1.75 bits per heavy atom. The molecule has 2 aliphatic heterocycles. The zero-order valence-electron chi connectivity index (χ0n) is 24.2. The molecule has 1 aliphatic carbocycles. The van der Waals surface area contributed by atoms with Gasteiger partial charge in [-0.05, 0) is 85.5 Å². The zero-order valence-corrected chi connectivity index (χ0v) is 24.2. The summed E-state index contributed by atoms with van der Waals surface area (Å²) < 4.78 is 15.2. The first-order chi connectivity index (χ1) is 21.4. The second kappa shape index (κ2) is 11.5. The van der Waals surface area contributed by atoms with Gasteiger partial charge in [0.15, 0.2) is 5.82 Å². The van der Waals surface area contributed by atoms with Crippen molar-refractivity contribution in [2.24, 2.45) is 0 Å². The van der Waals surface area contributed by atoms with E-state index in [1.807, 2.05) is 30.3 Å². The Morgan fingerprint density at radius 1 is 0.977 bits per heavy atom. The molecule has 226 valence electrons. The fourth-order valence-electron chi connectivity index (χ4n) is 6.26. The molecule has 4 aromatic rings. The lowest BCUT2D eigenvalue weighted by atomic mass is 9.93. The average Bonchev–Trinajstić information content (AvgIpc) is 3.87. The van der Waals surface area contributed by atoms with Crippen LogP contribution in [0.4, 0.5) is 33.3 Å². The molecule has 0 radical (unpaired) electrons. The number of halogens is 1. The lowest BCUT2D eigenvalue weighted by molar-refractivity contribution is 0.0976. The molecule has 44 heavy (non-hydrogen) atoms. The van der Waals surface area contributed by atoms with Crippen molar-refractivity contribution in [2.75, 3.05) is 40.5 Å². The average molecular weight is 596 g/mol. The summed E-state index contributed by atoms with van der Waals surface area (Å²) in [5.74, 6) is -0.0785. The number of fused-ring (bicyclic) bond motifs is 1. The minimum Gasteiger partial charge on any atom is -0.393 e. The van der Waals surface area contributed by atoms with Gasteiger partial charge in [-0.3, -0.25) is 4.79 Å². The predicted molar refractivity (Wildman–Crippen MR) is 167 cm³/mol. The van der Waals surface area contributed by atoms with E-state index in [-0.39, 0.29) is 29.4 Å². The van der Waals surface area contributed by atoms with E-state index in [0.717, 1.165) is 61.3 Å². The van der Waals surface area contributed by atoms with Crippen LogP contribution in [-0.2, 0) is 13.0 Å². The highest BCUT2D eigenvalue weighted by atomic mass is 19.1. The number of rotatable bonds is 7. The minimum absolute atomic E-state index is 0.00759. The van der Waals surface area contributed by atoms with E-state index in [4.69, 9.17) is 5.73 Å². The van der Waals surface area contributed by atoms with Crippen LogP contribution in [0.25, 0.3) is 11.4 Å². The van der Waals surface area contributed by atoms with Crippen LogP contribution >= 0.6 is 0 Å². The fraction of sp³-hybridized carbons (Fsp3) is 0.333. The topological polar surface area (TPSA) is 141 Å². The van der Waals surface area contributed by atoms with Crippen molar-refractivity contribution >= 4 is 34.9 Å². The Hall–Kier alpha value is -4.61. The van der Waals surface area contributed by atoms with Crippen molar-refractivity contribution < 1.29 is 19.4 Å². The number of anilines is 5. The number of nitrogen functional groups attached to an aromatic ring is 1. The monoisotopic (exact) mass is 595 g/mol. The van der Waals surface area contributed by atoms with Crippen LogP contribution in [0.2, 0.25) is 0 Å². The SMILES string of the molecule is Nc1nc(Nc2ccc(N3CCC(O)CC3)cc2)nc(-c2cccc(N3CCc4cc(C5CC5)cc(F)c4C3=O)c2CO)n1. The number of hydrogen-bond donors (Lipinski definition) is 4. The van der Waals surface area contributed by atoms with Gasteiger partial charge in [0.25, 0.3) is 5.91 Å². The van der Waals surface area contributed by atoms with E-state index in [9.17, 15) is 15.0 Å². The molecule has 0 bridgehead atoms. The van der Waals surface area contributed by atoms with Gasteiger partial charge in [0.05, 0.1) is 24.0 Å². The van der Waals surface area contributed by atoms with Crippen molar-refractivity contribution in [3.8, 4) is 11.4 Å². The smallest absolute Gasteiger partial charge is 0.261 e. The molecule has 0 atom stereocenters. The third kappa shape index (κ3) is 5.44. The molecule has 2 fully saturated rings. The first kappa shape index (κ1) is 28.2. The van der Waals surface area contributed by atoms with Gasteiger partial charge in [0, 0.05) is 42.1 Å². The molecule has 1 saturated carbocycles. The van der Waals surface area contributed by atoms with Gasteiger partial charge in [0.2, 0.25) is 11.9 Å². The standard InChI is InChI=1S/C33H34FN7O3/c34-27-17-21(19-4-5-19)16-20-10-15-41(31(44)29(20)27)28-3-1-2-25(26(28)18-42)30-37-32(35)39-33(38-30)36-22-6-8-23(9-7-22)40-13-11-24(43)12-14-40/h1-3,6-9,16-17,19,24,42-43H,4-5,10-15,18H2,(H3,35,36,37,38,39). The first-order valence-corrected chi connectivity index (χ1v) is 15.1. The Morgan fingerprint density at radius 3 is 2.48 bits per heavy atom. The van der Waals surface area contributed by atoms with Crippen molar-refractivity contribution in [2.45, 2.75) is 50.7 Å². The Bertz CT molecular complexity index is 1720. The number of aromatic nitrogens is 3. The summed E-state index contributed by atoms with van der Waals surface area (Å²) in [4.78, 5) is 30.6. The summed E-state index contributed by atoms with van der Waals surface area (Å²) in [6.45, 7) is 1.57. The summed E-state index contributed by atoms with van der Waals surface area (Å²) in [5, 5.41) is 23.5. The number of piperidine rings is 1. The molecule has 3 aromatic carbocycles. The maximum Gasteiger partial charge on any atom is 0.261 e. The van der Waals surface area contributed by atoms with Crippen molar-refractivity contribution in [1.82, 2.24) is 15.0 Å². The summed E-state index contributed by atoms with van der Waals surface area (Å²) in [7, 11) is 0. The molecule has 3 heterocycles. The number of amides is 1. The van der Waals surface area contributed by atoms with Gasteiger partial charge in [-0.25, -0.2) is 4.39 Å². The van der Waals surface area contributed by atoms with Crippen molar-refractivity contribution in [3.05, 3.63) is 82.7 Å². The molecule has 0 unspecified atom stereocenters. The Labute approximate surface area is 254 Å². The van der Waals surface area contributed by atoms with Crippen LogP contribution in [0.3, 0.4) is 0 Å². The molecule has 1 saturated heterocycles. The maximum absolute atomic E-state index is 15.2.